The zero-order valence-electron chi connectivity index (χ0n) is 17.0. The number of urea groups is 1. The van der Waals surface area contributed by atoms with Crippen molar-refractivity contribution >= 4 is 23.4 Å². The van der Waals surface area contributed by atoms with Crippen LogP contribution in [0, 0.1) is 5.82 Å². The molecule has 1 aromatic carbocycles. The number of benzene rings is 1. The van der Waals surface area contributed by atoms with Crippen LogP contribution in [-0.4, -0.2) is 37.2 Å². The smallest absolute Gasteiger partial charge is 0.382 e. The summed E-state index contributed by atoms with van der Waals surface area (Å²) in [5.41, 5.74) is 0.0685. The fourth-order valence-electron chi connectivity index (χ4n) is 3.59. The van der Waals surface area contributed by atoms with Crippen LogP contribution >= 0.6 is 0 Å². The first-order valence-electron chi connectivity index (χ1n) is 9.90. The minimum atomic E-state index is -4.83. The van der Waals surface area contributed by atoms with Crippen molar-refractivity contribution in [1.82, 2.24) is 10.3 Å². The molecular weight excluding hydrogens is 432 g/mol. The maximum atomic E-state index is 14.0. The van der Waals surface area contributed by atoms with Crippen molar-refractivity contribution in [3.8, 4) is 0 Å². The van der Waals surface area contributed by atoms with Crippen LogP contribution in [0.3, 0.4) is 0 Å². The van der Waals surface area contributed by atoms with E-state index in [0.29, 0.717) is 23.7 Å². The predicted molar refractivity (Wildman–Crippen MR) is 107 cm³/mol. The van der Waals surface area contributed by atoms with E-state index in [1.165, 1.54) is 7.11 Å². The number of anilines is 2. The van der Waals surface area contributed by atoms with Crippen LogP contribution in [-0.2, 0) is 15.7 Å². The molecule has 1 aromatic heterocycles. The van der Waals surface area contributed by atoms with Gasteiger partial charge in [-0.3, -0.25) is 9.69 Å². The van der Waals surface area contributed by atoms with Crippen LogP contribution in [0.25, 0.3) is 0 Å². The highest BCUT2D eigenvalue weighted by atomic mass is 19.4. The van der Waals surface area contributed by atoms with Crippen LogP contribution in [0.4, 0.5) is 33.9 Å². The molecule has 1 aliphatic carbocycles. The molecule has 1 unspecified atom stereocenters. The number of amides is 3. The number of pyridine rings is 1. The lowest BCUT2D eigenvalue weighted by atomic mass is 10.0. The SMILES string of the molecule is COCC(NC(=O)N1CC(=O)Nc2cc(C3CC3)cnc21)c1ccc(C(F)(F)F)c(F)c1. The molecule has 11 heteroatoms. The van der Waals surface area contributed by atoms with Gasteiger partial charge in [-0.15, -0.1) is 0 Å². The van der Waals surface area contributed by atoms with Gasteiger partial charge in [0.2, 0.25) is 5.91 Å². The van der Waals surface area contributed by atoms with Crippen LogP contribution in [0.5, 0.6) is 0 Å². The van der Waals surface area contributed by atoms with Crippen molar-refractivity contribution in [3.63, 3.8) is 0 Å². The normalized spacial score (nSPS) is 16.9. The van der Waals surface area contributed by atoms with Gasteiger partial charge < -0.3 is 15.4 Å². The number of ether oxygens (including phenoxy) is 1. The Labute approximate surface area is 180 Å². The molecule has 1 fully saturated rings. The minimum absolute atomic E-state index is 0.0874. The number of nitrogens with one attached hydrogen (secondary N) is 2. The molecule has 2 aliphatic rings. The first-order valence-corrected chi connectivity index (χ1v) is 9.90. The number of aromatic nitrogens is 1. The van der Waals surface area contributed by atoms with E-state index >= 15 is 0 Å². The number of halogens is 4. The molecule has 3 amide bonds. The minimum Gasteiger partial charge on any atom is -0.382 e. The third-order valence-electron chi connectivity index (χ3n) is 5.35. The molecule has 32 heavy (non-hydrogen) atoms. The average molecular weight is 452 g/mol. The molecule has 0 radical (unpaired) electrons. The molecule has 1 aliphatic heterocycles. The monoisotopic (exact) mass is 452 g/mol. The molecule has 7 nitrogen and oxygen atoms in total. The topological polar surface area (TPSA) is 83.6 Å². The quantitative estimate of drug-likeness (QED) is 0.673. The Morgan fingerprint density at radius 3 is 2.72 bits per heavy atom. The van der Waals surface area contributed by atoms with Crippen molar-refractivity contribution in [2.45, 2.75) is 31.0 Å². The Morgan fingerprint density at radius 2 is 2.09 bits per heavy atom. The van der Waals surface area contributed by atoms with Crippen LogP contribution < -0.4 is 15.5 Å². The summed E-state index contributed by atoms with van der Waals surface area (Å²) < 4.78 is 57.7. The third kappa shape index (κ3) is 4.52. The molecule has 1 atom stereocenters. The van der Waals surface area contributed by atoms with Crippen molar-refractivity contribution < 1.29 is 31.9 Å². The second-order valence-corrected chi connectivity index (χ2v) is 7.74. The van der Waals surface area contributed by atoms with Gasteiger partial charge in [-0.05, 0) is 48.1 Å². The molecule has 0 spiro atoms. The van der Waals surface area contributed by atoms with E-state index in [9.17, 15) is 27.2 Å². The Kier molecular flexibility index (Phi) is 5.76. The molecule has 0 bridgehead atoms. The van der Waals surface area contributed by atoms with Gasteiger partial charge >= 0.3 is 12.2 Å². The molecule has 2 heterocycles. The number of fused-ring (bicyclic) bond motifs is 1. The number of carbonyl (C=O) groups is 2. The lowest BCUT2D eigenvalue weighted by Crippen LogP contribution is -2.49. The number of nitrogens with zero attached hydrogens (tertiary/aromatic N) is 2. The molecule has 170 valence electrons. The van der Waals surface area contributed by atoms with E-state index in [4.69, 9.17) is 4.74 Å². The highest BCUT2D eigenvalue weighted by Crippen LogP contribution is 2.42. The van der Waals surface area contributed by atoms with Gasteiger partial charge in [0.1, 0.15) is 12.4 Å². The molecule has 1 saturated carbocycles. The standard InChI is InChI=1S/C21H20F4N4O3/c1-32-10-17(12-4-5-14(15(22)6-12)21(23,24)25)28-20(31)29-9-18(30)27-16-7-13(11-2-3-11)8-26-19(16)29/h4-8,11,17H,2-3,9-10H2,1H3,(H,27,30)(H,28,31). The Balaban J connectivity index is 1.57. The summed E-state index contributed by atoms with van der Waals surface area (Å²) in [6, 6.07) is 2.52. The van der Waals surface area contributed by atoms with Gasteiger partial charge in [-0.2, -0.15) is 13.2 Å². The van der Waals surface area contributed by atoms with Crippen molar-refractivity contribution in [1.29, 1.82) is 0 Å². The number of carbonyl (C=O) groups excluding carboxylic acids is 2. The van der Waals surface area contributed by atoms with E-state index < -0.39 is 35.5 Å². The van der Waals surface area contributed by atoms with E-state index in [0.717, 1.165) is 29.4 Å². The van der Waals surface area contributed by atoms with E-state index in [1.807, 2.05) is 0 Å². The fraction of sp³-hybridized carbons (Fsp3) is 0.381. The fourth-order valence-corrected chi connectivity index (χ4v) is 3.59. The summed E-state index contributed by atoms with van der Waals surface area (Å²) in [6.45, 7) is -0.423. The average Bonchev–Trinajstić information content (AvgIpc) is 3.56. The van der Waals surface area contributed by atoms with Crippen LogP contribution in [0.1, 0.15) is 41.5 Å². The number of hydrogen-bond acceptors (Lipinski definition) is 4. The molecule has 4 rings (SSSR count). The first kappa shape index (κ1) is 22.0. The number of alkyl halides is 3. The molecule has 2 N–H and O–H groups in total. The van der Waals surface area contributed by atoms with Gasteiger partial charge in [0.25, 0.3) is 0 Å². The van der Waals surface area contributed by atoms with Gasteiger partial charge in [0, 0.05) is 13.3 Å². The lowest BCUT2D eigenvalue weighted by molar-refractivity contribution is -0.140. The summed E-state index contributed by atoms with van der Waals surface area (Å²) in [6.07, 6.45) is -1.09. The molecule has 0 saturated heterocycles. The molecular formula is C21H20F4N4O3. The first-order chi connectivity index (χ1) is 15.2. The second-order valence-electron chi connectivity index (χ2n) is 7.74. The highest BCUT2D eigenvalue weighted by molar-refractivity contribution is 6.08. The third-order valence-corrected chi connectivity index (χ3v) is 5.35. The van der Waals surface area contributed by atoms with Gasteiger partial charge in [0.05, 0.1) is 23.9 Å². The predicted octanol–water partition coefficient (Wildman–Crippen LogP) is 3.97. The number of rotatable bonds is 5. The maximum Gasteiger partial charge on any atom is 0.419 e. The maximum absolute atomic E-state index is 14.0. The Hall–Kier alpha value is -3.21. The molecule has 2 aromatic rings. The summed E-state index contributed by atoms with van der Waals surface area (Å²) in [5.74, 6) is -1.22. The number of hydrogen-bond donors (Lipinski definition) is 2. The summed E-state index contributed by atoms with van der Waals surface area (Å²) in [4.78, 5) is 30.6. The van der Waals surface area contributed by atoms with Crippen molar-refractivity contribution in [3.05, 3.63) is 53.0 Å². The van der Waals surface area contributed by atoms with E-state index in [2.05, 4.69) is 15.6 Å². The van der Waals surface area contributed by atoms with Crippen LogP contribution in [0.2, 0.25) is 0 Å². The van der Waals surface area contributed by atoms with Crippen molar-refractivity contribution in [2.24, 2.45) is 0 Å². The zero-order chi connectivity index (χ0) is 23.0. The summed E-state index contributed by atoms with van der Waals surface area (Å²) >= 11 is 0. The highest BCUT2D eigenvalue weighted by Gasteiger charge is 2.35. The Bertz CT molecular complexity index is 1060. The van der Waals surface area contributed by atoms with Gasteiger partial charge in [-0.1, -0.05) is 6.07 Å². The van der Waals surface area contributed by atoms with Gasteiger partial charge in [-0.25, -0.2) is 14.2 Å². The second kappa shape index (κ2) is 8.38. The largest absolute Gasteiger partial charge is 0.419 e. The van der Waals surface area contributed by atoms with Crippen LogP contribution in [0.15, 0.2) is 30.5 Å². The van der Waals surface area contributed by atoms with E-state index in [1.54, 1.807) is 12.3 Å². The number of methoxy groups -OCH3 is 1. The zero-order valence-corrected chi connectivity index (χ0v) is 17.0. The Morgan fingerprint density at radius 1 is 1.34 bits per heavy atom. The summed E-state index contributed by atoms with van der Waals surface area (Å²) in [7, 11) is 1.34. The van der Waals surface area contributed by atoms with E-state index in [-0.39, 0.29) is 24.5 Å². The summed E-state index contributed by atoms with van der Waals surface area (Å²) in [5, 5.41) is 5.30. The lowest BCUT2D eigenvalue weighted by Gasteiger charge is -2.30. The van der Waals surface area contributed by atoms with Crippen molar-refractivity contribution in [2.75, 3.05) is 30.5 Å². The van der Waals surface area contributed by atoms with Gasteiger partial charge in [0.15, 0.2) is 5.82 Å².